The number of benzene rings is 2. The third-order valence-electron chi connectivity index (χ3n) is 3.36. The monoisotopic (exact) mass is 437 g/mol. The van der Waals surface area contributed by atoms with E-state index in [9.17, 15) is 14.4 Å². The fraction of sp³-hybridized carbons (Fsp3) is 0.118. The van der Waals surface area contributed by atoms with E-state index < -0.39 is 5.97 Å². The number of anilines is 1. The van der Waals surface area contributed by atoms with Gasteiger partial charge >= 0.3 is 5.97 Å². The topological polar surface area (TPSA) is 81.7 Å². The molecule has 2 aromatic carbocycles. The minimum absolute atomic E-state index is 0.0480. The van der Waals surface area contributed by atoms with Crippen LogP contribution in [-0.2, 0) is 9.53 Å². The summed E-state index contributed by atoms with van der Waals surface area (Å²) in [5.41, 5.74) is 1.17. The lowest BCUT2D eigenvalue weighted by atomic mass is 10.1. The molecule has 6 nitrogen and oxygen atoms in total. The van der Waals surface area contributed by atoms with E-state index in [0.717, 1.165) is 3.57 Å². The Kier molecular flexibility index (Phi) is 4.79. The Morgan fingerprint density at radius 1 is 1.21 bits per heavy atom. The first kappa shape index (κ1) is 16.4. The van der Waals surface area contributed by atoms with Crippen LogP contribution in [0.5, 0.6) is 5.75 Å². The van der Waals surface area contributed by atoms with Crippen LogP contribution in [0.1, 0.15) is 20.7 Å². The van der Waals surface area contributed by atoms with Crippen molar-refractivity contribution < 1.29 is 23.9 Å². The van der Waals surface area contributed by atoms with Gasteiger partial charge in [0.15, 0.2) is 19.0 Å². The lowest BCUT2D eigenvalue weighted by molar-refractivity contribution is -0.118. The lowest BCUT2D eigenvalue weighted by Crippen LogP contribution is -2.25. The van der Waals surface area contributed by atoms with Gasteiger partial charge in [-0.2, -0.15) is 0 Å². The van der Waals surface area contributed by atoms with Gasteiger partial charge < -0.3 is 14.8 Å². The number of Topliss-reactive ketones (excluding diaryl/α,β-unsaturated/α-hetero) is 1. The number of rotatable bonds is 4. The average Bonchev–Trinajstić information content (AvgIpc) is 2.59. The maximum Gasteiger partial charge on any atom is 0.339 e. The van der Waals surface area contributed by atoms with Gasteiger partial charge in [0.2, 0.25) is 0 Å². The fourth-order valence-electron chi connectivity index (χ4n) is 2.18. The number of ether oxygens (including phenoxy) is 2. The number of nitrogens with one attached hydrogen (secondary N) is 1. The second kappa shape index (κ2) is 7.00. The molecular weight excluding hydrogens is 425 g/mol. The number of carbonyl (C=O) groups is 3. The van der Waals surface area contributed by atoms with Gasteiger partial charge in [-0.1, -0.05) is 12.1 Å². The quantitative estimate of drug-likeness (QED) is 0.452. The second-order valence-corrected chi connectivity index (χ2v) is 6.19. The van der Waals surface area contributed by atoms with Crippen LogP contribution in [-0.4, -0.2) is 30.9 Å². The molecule has 0 radical (unpaired) electrons. The molecule has 1 amide bonds. The van der Waals surface area contributed by atoms with E-state index in [0.29, 0.717) is 22.6 Å². The zero-order valence-corrected chi connectivity index (χ0v) is 14.5. The molecule has 3 rings (SSSR count). The molecule has 122 valence electrons. The van der Waals surface area contributed by atoms with Crippen molar-refractivity contribution in [3.63, 3.8) is 0 Å². The van der Waals surface area contributed by atoms with Crippen molar-refractivity contribution in [2.45, 2.75) is 0 Å². The number of fused-ring (bicyclic) bond motifs is 1. The van der Waals surface area contributed by atoms with Gasteiger partial charge in [-0.25, -0.2) is 4.79 Å². The summed E-state index contributed by atoms with van der Waals surface area (Å²) in [6, 6.07) is 11.6. The standard InChI is InChI=1S/C17H12INO5/c18-12-4-2-1-3-11(12)17(22)24-8-14(20)10-5-6-15-13(7-10)19-16(21)9-23-15/h1-7H,8-9H2,(H,19,21). The van der Waals surface area contributed by atoms with Gasteiger partial charge in [-0.05, 0) is 52.9 Å². The number of esters is 1. The Bertz CT molecular complexity index is 833. The molecule has 24 heavy (non-hydrogen) atoms. The van der Waals surface area contributed by atoms with E-state index >= 15 is 0 Å². The Morgan fingerprint density at radius 2 is 2.00 bits per heavy atom. The molecule has 2 aromatic rings. The molecule has 0 saturated carbocycles. The molecule has 1 aliphatic heterocycles. The maximum absolute atomic E-state index is 12.2. The van der Waals surface area contributed by atoms with Crippen molar-refractivity contribution in [1.82, 2.24) is 0 Å². The van der Waals surface area contributed by atoms with E-state index in [4.69, 9.17) is 9.47 Å². The third kappa shape index (κ3) is 3.56. The Morgan fingerprint density at radius 3 is 2.79 bits per heavy atom. The molecule has 7 heteroatoms. The largest absolute Gasteiger partial charge is 0.482 e. The predicted octanol–water partition coefficient (Wildman–Crippen LogP) is 2.66. The highest BCUT2D eigenvalue weighted by Gasteiger charge is 2.19. The Balaban J connectivity index is 1.67. The van der Waals surface area contributed by atoms with E-state index in [-0.39, 0.29) is 24.9 Å². The third-order valence-corrected chi connectivity index (χ3v) is 4.30. The fourth-order valence-corrected chi connectivity index (χ4v) is 2.78. The van der Waals surface area contributed by atoms with Crippen molar-refractivity contribution in [1.29, 1.82) is 0 Å². The van der Waals surface area contributed by atoms with Crippen molar-refractivity contribution in [3.8, 4) is 5.75 Å². The van der Waals surface area contributed by atoms with Crippen LogP contribution in [0.3, 0.4) is 0 Å². The molecule has 0 bridgehead atoms. The summed E-state index contributed by atoms with van der Waals surface area (Å²) in [6.45, 7) is -0.426. The number of amides is 1. The van der Waals surface area contributed by atoms with Crippen molar-refractivity contribution in [3.05, 3.63) is 57.2 Å². The van der Waals surface area contributed by atoms with Crippen molar-refractivity contribution in [2.75, 3.05) is 18.5 Å². The molecule has 0 saturated heterocycles. The van der Waals surface area contributed by atoms with Crippen LogP contribution in [0, 0.1) is 3.57 Å². The normalized spacial score (nSPS) is 12.6. The zero-order chi connectivity index (χ0) is 17.1. The van der Waals surface area contributed by atoms with Gasteiger partial charge in [0.25, 0.3) is 5.91 Å². The van der Waals surface area contributed by atoms with Crippen LogP contribution in [0.4, 0.5) is 5.69 Å². The Labute approximate surface area is 151 Å². The summed E-state index contributed by atoms with van der Waals surface area (Å²) in [4.78, 5) is 35.5. The first-order chi connectivity index (χ1) is 11.5. The van der Waals surface area contributed by atoms with Crippen LogP contribution in [0.25, 0.3) is 0 Å². The van der Waals surface area contributed by atoms with Gasteiger partial charge in [-0.3, -0.25) is 9.59 Å². The van der Waals surface area contributed by atoms with Gasteiger partial charge in [-0.15, -0.1) is 0 Å². The first-order valence-corrected chi connectivity index (χ1v) is 8.14. The number of hydrogen-bond acceptors (Lipinski definition) is 5. The molecular formula is C17H12INO5. The van der Waals surface area contributed by atoms with Gasteiger partial charge in [0.05, 0.1) is 11.3 Å². The second-order valence-electron chi connectivity index (χ2n) is 5.03. The number of halogens is 1. The lowest BCUT2D eigenvalue weighted by Gasteiger charge is -2.18. The highest BCUT2D eigenvalue weighted by Crippen LogP contribution is 2.28. The highest BCUT2D eigenvalue weighted by atomic mass is 127. The number of ketones is 1. The molecule has 1 N–H and O–H groups in total. The van der Waals surface area contributed by atoms with Crippen molar-refractivity contribution in [2.24, 2.45) is 0 Å². The number of hydrogen-bond donors (Lipinski definition) is 1. The van der Waals surface area contributed by atoms with Crippen LogP contribution < -0.4 is 10.1 Å². The summed E-state index contributed by atoms with van der Waals surface area (Å²) in [6.07, 6.45) is 0. The molecule has 0 fully saturated rings. The molecule has 0 aliphatic carbocycles. The van der Waals surface area contributed by atoms with E-state index in [2.05, 4.69) is 5.32 Å². The van der Waals surface area contributed by atoms with Gasteiger partial charge in [0.1, 0.15) is 5.75 Å². The van der Waals surface area contributed by atoms with Crippen LogP contribution in [0.2, 0.25) is 0 Å². The predicted molar refractivity (Wildman–Crippen MR) is 94.3 cm³/mol. The summed E-state index contributed by atoms with van der Waals surface area (Å²) >= 11 is 2.03. The SMILES string of the molecule is O=C1COc2ccc(C(=O)COC(=O)c3ccccc3I)cc2N1. The Hall–Kier alpha value is -2.42. The molecule has 0 unspecified atom stereocenters. The molecule has 1 aliphatic rings. The summed E-state index contributed by atoms with van der Waals surface area (Å²) in [5.74, 6) is -0.695. The van der Waals surface area contributed by atoms with Crippen LogP contribution >= 0.6 is 22.6 Å². The molecule has 0 spiro atoms. The van der Waals surface area contributed by atoms with Crippen molar-refractivity contribution >= 4 is 45.9 Å². The molecule has 0 atom stereocenters. The maximum atomic E-state index is 12.2. The minimum atomic E-state index is -0.553. The van der Waals surface area contributed by atoms with Crippen LogP contribution in [0.15, 0.2) is 42.5 Å². The smallest absolute Gasteiger partial charge is 0.339 e. The zero-order valence-electron chi connectivity index (χ0n) is 12.4. The van der Waals surface area contributed by atoms with E-state index in [1.165, 1.54) is 6.07 Å². The van der Waals surface area contributed by atoms with E-state index in [1.54, 1.807) is 30.3 Å². The molecule has 0 aromatic heterocycles. The molecule has 1 heterocycles. The highest BCUT2D eigenvalue weighted by molar-refractivity contribution is 14.1. The average molecular weight is 437 g/mol. The minimum Gasteiger partial charge on any atom is -0.482 e. The summed E-state index contributed by atoms with van der Waals surface area (Å²) < 4.78 is 11.1. The van der Waals surface area contributed by atoms with E-state index in [1.807, 2.05) is 28.7 Å². The van der Waals surface area contributed by atoms with Gasteiger partial charge in [0, 0.05) is 9.13 Å². The first-order valence-electron chi connectivity index (χ1n) is 7.06. The number of carbonyl (C=O) groups excluding carboxylic acids is 3. The summed E-state index contributed by atoms with van der Waals surface area (Å²) in [5, 5.41) is 2.63. The summed E-state index contributed by atoms with van der Waals surface area (Å²) in [7, 11) is 0.